The third-order valence-electron chi connectivity index (χ3n) is 1.85. The summed E-state index contributed by atoms with van der Waals surface area (Å²) in [4.78, 5) is 27.6. The van der Waals surface area contributed by atoms with E-state index in [9.17, 15) is 14.5 Å². The van der Waals surface area contributed by atoms with Gasteiger partial charge in [0.05, 0.1) is 0 Å². The summed E-state index contributed by atoms with van der Waals surface area (Å²) in [6.07, 6.45) is -1.08. The van der Waals surface area contributed by atoms with Crippen LogP contribution in [0, 0.1) is 0 Å². The minimum atomic E-state index is -4.65. The SMILES string of the molecule is CCC(O)(CCC(=O)O)P(=O)(O)O. The Labute approximate surface area is 75.4 Å². The monoisotopic (exact) mass is 212 g/mol. The average Bonchev–Trinajstić information content (AvgIpc) is 1.98. The molecule has 0 aliphatic rings. The zero-order valence-corrected chi connectivity index (χ0v) is 8.07. The zero-order chi connectivity index (χ0) is 10.7. The summed E-state index contributed by atoms with van der Waals surface area (Å²) in [5, 5.41) is 15.4. The number of hydrogen-bond donors (Lipinski definition) is 4. The van der Waals surface area contributed by atoms with Crippen LogP contribution in [-0.2, 0) is 9.36 Å². The Kier molecular flexibility index (Phi) is 4.06. The summed E-state index contributed by atoms with van der Waals surface area (Å²) >= 11 is 0. The van der Waals surface area contributed by atoms with Crippen molar-refractivity contribution >= 4 is 13.6 Å². The molecule has 0 heterocycles. The van der Waals surface area contributed by atoms with E-state index >= 15 is 0 Å². The molecule has 0 bridgehead atoms. The van der Waals surface area contributed by atoms with Crippen LogP contribution in [0.15, 0.2) is 0 Å². The van der Waals surface area contributed by atoms with Crippen LogP contribution in [0.3, 0.4) is 0 Å². The van der Waals surface area contributed by atoms with E-state index in [1.165, 1.54) is 6.92 Å². The van der Waals surface area contributed by atoms with E-state index in [1.54, 1.807) is 0 Å². The van der Waals surface area contributed by atoms with Gasteiger partial charge in [-0.1, -0.05) is 6.92 Å². The molecule has 6 nitrogen and oxygen atoms in total. The van der Waals surface area contributed by atoms with E-state index in [0.717, 1.165) is 0 Å². The highest BCUT2D eigenvalue weighted by atomic mass is 31.2. The molecule has 0 saturated heterocycles. The summed E-state index contributed by atoms with van der Waals surface area (Å²) in [6.45, 7) is 1.39. The average molecular weight is 212 g/mol. The normalized spacial score (nSPS) is 16.6. The molecular weight excluding hydrogens is 199 g/mol. The quantitative estimate of drug-likeness (QED) is 0.481. The van der Waals surface area contributed by atoms with Gasteiger partial charge in [-0.15, -0.1) is 0 Å². The van der Waals surface area contributed by atoms with Crippen LogP contribution < -0.4 is 0 Å². The number of rotatable bonds is 5. The van der Waals surface area contributed by atoms with Crippen molar-refractivity contribution in [2.75, 3.05) is 0 Å². The lowest BCUT2D eigenvalue weighted by molar-refractivity contribution is -0.137. The number of aliphatic hydroxyl groups is 1. The van der Waals surface area contributed by atoms with E-state index in [0.29, 0.717) is 0 Å². The highest BCUT2D eigenvalue weighted by Gasteiger charge is 2.43. The van der Waals surface area contributed by atoms with Crippen LogP contribution in [0.25, 0.3) is 0 Å². The van der Waals surface area contributed by atoms with Crippen LogP contribution in [0.1, 0.15) is 26.2 Å². The first kappa shape index (κ1) is 12.6. The zero-order valence-electron chi connectivity index (χ0n) is 7.17. The van der Waals surface area contributed by atoms with Crippen molar-refractivity contribution in [1.82, 2.24) is 0 Å². The molecule has 7 heteroatoms. The Morgan fingerprint density at radius 1 is 1.46 bits per heavy atom. The molecule has 0 aliphatic heterocycles. The van der Waals surface area contributed by atoms with Crippen molar-refractivity contribution in [2.45, 2.75) is 31.5 Å². The standard InChI is InChI=1S/C6H13O6P/c1-2-6(9,13(10,11)12)4-3-5(7)8/h9H,2-4H2,1H3,(H,7,8)(H2,10,11,12). The maximum Gasteiger partial charge on any atom is 0.356 e. The molecule has 0 aliphatic carbocycles. The molecule has 78 valence electrons. The number of hydrogen-bond acceptors (Lipinski definition) is 3. The number of carbonyl (C=O) groups is 1. The Balaban J connectivity index is 4.47. The molecule has 1 atom stereocenters. The van der Waals surface area contributed by atoms with Gasteiger partial charge in [0.2, 0.25) is 0 Å². The van der Waals surface area contributed by atoms with Crippen molar-refractivity contribution in [3.63, 3.8) is 0 Å². The maximum absolute atomic E-state index is 10.7. The Morgan fingerprint density at radius 2 is 1.92 bits per heavy atom. The van der Waals surface area contributed by atoms with Crippen LogP contribution in [-0.4, -0.2) is 31.3 Å². The lowest BCUT2D eigenvalue weighted by Gasteiger charge is -2.26. The smallest absolute Gasteiger partial charge is 0.356 e. The van der Waals surface area contributed by atoms with Crippen molar-refractivity contribution in [3.8, 4) is 0 Å². The molecule has 0 radical (unpaired) electrons. The number of carboxylic acid groups (broad SMARTS) is 1. The predicted octanol–water partition coefficient (Wildman–Crippen LogP) is 0.127. The highest BCUT2D eigenvalue weighted by Crippen LogP contribution is 2.52. The largest absolute Gasteiger partial charge is 0.481 e. The van der Waals surface area contributed by atoms with Crippen LogP contribution in [0.2, 0.25) is 0 Å². The van der Waals surface area contributed by atoms with Gasteiger partial charge in [-0.25, -0.2) is 0 Å². The summed E-state index contributed by atoms with van der Waals surface area (Å²) in [6, 6.07) is 0. The van der Waals surface area contributed by atoms with Gasteiger partial charge in [0.1, 0.15) is 0 Å². The minimum absolute atomic E-state index is 0.176. The molecule has 4 N–H and O–H groups in total. The molecule has 0 aromatic heterocycles. The molecule has 0 rings (SSSR count). The Bertz CT molecular complexity index is 233. The van der Waals surface area contributed by atoms with E-state index in [2.05, 4.69) is 0 Å². The van der Waals surface area contributed by atoms with Crippen LogP contribution in [0.5, 0.6) is 0 Å². The molecule has 1 unspecified atom stereocenters. The fourth-order valence-electron chi connectivity index (χ4n) is 0.836. The Morgan fingerprint density at radius 3 is 2.15 bits per heavy atom. The first-order chi connectivity index (χ1) is 5.73. The fourth-order valence-corrected chi connectivity index (χ4v) is 1.65. The van der Waals surface area contributed by atoms with Gasteiger partial charge in [-0.05, 0) is 12.8 Å². The van der Waals surface area contributed by atoms with Crippen LogP contribution >= 0.6 is 7.60 Å². The van der Waals surface area contributed by atoms with Crippen molar-refractivity contribution in [1.29, 1.82) is 0 Å². The van der Waals surface area contributed by atoms with E-state index in [1.807, 2.05) is 0 Å². The van der Waals surface area contributed by atoms with Crippen molar-refractivity contribution < 1.29 is 29.4 Å². The molecule has 0 aromatic rings. The molecule has 0 saturated carbocycles. The first-order valence-corrected chi connectivity index (χ1v) is 5.34. The van der Waals surface area contributed by atoms with E-state index < -0.39 is 31.7 Å². The van der Waals surface area contributed by atoms with Crippen molar-refractivity contribution in [3.05, 3.63) is 0 Å². The second-order valence-electron chi connectivity index (χ2n) is 2.77. The summed E-state index contributed by atoms with van der Waals surface area (Å²) < 4.78 is 10.7. The third kappa shape index (κ3) is 3.44. The lowest BCUT2D eigenvalue weighted by atomic mass is 10.1. The first-order valence-electron chi connectivity index (χ1n) is 3.73. The van der Waals surface area contributed by atoms with Gasteiger partial charge in [0.15, 0.2) is 5.34 Å². The van der Waals surface area contributed by atoms with Gasteiger partial charge < -0.3 is 20.0 Å². The minimum Gasteiger partial charge on any atom is -0.481 e. The summed E-state index contributed by atoms with van der Waals surface area (Å²) in [5.41, 5.74) is 0. The van der Waals surface area contributed by atoms with Gasteiger partial charge >= 0.3 is 13.6 Å². The van der Waals surface area contributed by atoms with Gasteiger partial charge in [-0.3, -0.25) is 9.36 Å². The molecule has 0 spiro atoms. The van der Waals surface area contributed by atoms with Crippen molar-refractivity contribution in [2.24, 2.45) is 0 Å². The predicted molar refractivity (Wildman–Crippen MR) is 44.2 cm³/mol. The molecule has 0 amide bonds. The van der Waals surface area contributed by atoms with Gasteiger partial charge in [0, 0.05) is 6.42 Å². The molecular formula is C6H13O6P. The maximum atomic E-state index is 10.7. The third-order valence-corrected chi connectivity index (χ3v) is 3.47. The summed E-state index contributed by atoms with van der Waals surface area (Å²) in [7, 11) is -4.65. The molecule has 0 fully saturated rings. The van der Waals surface area contributed by atoms with Crippen LogP contribution in [0.4, 0.5) is 0 Å². The number of carboxylic acids is 1. The summed E-state index contributed by atoms with van der Waals surface area (Å²) in [5.74, 6) is -1.19. The van der Waals surface area contributed by atoms with E-state index in [-0.39, 0.29) is 6.42 Å². The van der Waals surface area contributed by atoms with Gasteiger partial charge in [0.25, 0.3) is 0 Å². The van der Waals surface area contributed by atoms with E-state index in [4.69, 9.17) is 14.9 Å². The highest BCUT2D eigenvalue weighted by molar-refractivity contribution is 7.53. The number of aliphatic carboxylic acids is 1. The molecule has 13 heavy (non-hydrogen) atoms. The molecule has 0 aromatic carbocycles. The topological polar surface area (TPSA) is 115 Å². The van der Waals surface area contributed by atoms with Gasteiger partial charge in [-0.2, -0.15) is 0 Å². The lowest BCUT2D eigenvalue weighted by Crippen LogP contribution is -2.28. The second kappa shape index (κ2) is 4.19. The second-order valence-corrected chi connectivity index (χ2v) is 4.69. The Hall–Kier alpha value is -0.420. The fraction of sp³-hybridized carbons (Fsp3) is 0.833.